The number of pyridine rings is 1. The first-order chi connectivity index (χ1) is 8.75. The van der Waals surface area contributed by atoms with Gasteiger partial charge in [0, 0.05) is 17.8 Å². The molecule has 1 aromatic carbocycles. The molecule has 0 bridgehead atoms. The summed E-state index contributed by atoms with van der Waals surface area (Å²) in [6.07, 6.45) is 3.70. The van der Waals surface area contributed by atoms with E-state index in [9.17, 15) is 0 Å². The average molecular weight is 366 g/mol. The van der Waals surface area contributed by atoms with Crippen LogP contribution in [-0.4, -0.2) is 4.98 Å². The second-order valence-corrected chi connectivity index (χ2v) is 6.91. The first kappa shape index (κ1) is 12.1. The van der Waals surface area contributed by atoms with Crippen molar-refractivity contribution in [2.24, 2.45) is 5.73 Å². The molecule has 0 spiro atoms. The van der Waals surface area contributed by atoms with Crippen LogP contribution >= 0.6 is 33.9 Å². The second kappa shape index (κ2) is 4.95. The molecule has 1 atom stereocenters. The Hall–Kier alpha value is -0.980. The van der Waals surface area contributed by atoms with E-state index in [1.54, 1.807) is 11.3 Å². The number of thiophene rings is 1. The minimum atomic E-state index is -0.0855. The maximum Gasteiger partial charge on any atom is 0.0656 e. The summed E-state index contributed by atoms with van der Waals surface area (Å²) in [5, 5.41) is 4.44. The third-order valence-electron chi connectivity index (χ3n) is 3.00. The third-order valence-corrected chi connectivity index (χ3v) is 4.81. The molecular formula is C14H11IN2S. The van der Waals surface area contributed by atoms with E-state index >= 15 is 0 Å². The van der Waals surface area contributed by atoms with Gasteiger partial charge in [0.05, 0.1) is 8.93 Å². The number of fused-ring (bicyclic) bond motifs is 1. The van der Waals surface area contributed by atoms with Gasteiger partial charge in [0.2, 0.25) is 0 Å². The zero-order chi connectivity index (χ0) is 12.5. The number of hydrogen-bond donors (Lipinski definition) is 1. The molecule has 0 saturated carbocycles. The zero-order valence-electron chi connectivity index (χ0n) is 9.51. The molecule has 90 valence electrons. The molecule has 0 amide bonds. The van der Waals surface area contributed by atoms with Gasteiger partial charge in [0.15, 0.2) is 0 Å². The summed E-state index contributed by atoms with van der Waals surface area (Å²) >= 11 is 4.05. The fourth-order valence-corrected chi connectivity index (χ4v) is 3.48. The standard InChI is InChI=1S/C14H11IN2S/c15-13-6-10(8-18-13)14(16)11-3-1-2-9-4-5-17-7-12(9)11/h1-8,14H,16H2. The molecule has 0 aliphatic rings. The zero-order valence-corrected chi connectivity index (χ0v) is 12.5. The maximum absolute atomic E-state index is 6.37. The van der Waals surface area contributed by atoms with Crippen LogP contribution < -0.4 is 5.73 Å². The Morgan fingerprint density at radius 1 is 1.28 bits per heavy atom. The van der Waals surface area contributed by atoms with Gasteiger partial charge < -0.3 is 5.73 Å². The van der Waals surface area contributed by atoms with Gasteiger partial charge in [-0.1, -0.05) is 18.2 Å². The highest BCUT2D eigenvalue weighted by atomic mass is 127. The Morgan fingerprint density at radius 2 is 2.17 bits per heavy atom. The number of hydrogen-bond acceptors (Lipinski definition) is 3. The third kappa shape index (κ3) is 2.15. The molecule has 0 fully saturated rings. The monoisotopic (exact) mass is 366 g/mol. The summed E-state index contributed by atoms with van der Waals surface area (Å²) in [5.41, 5.74) is 8.67. The molecule has 0 aliphatic carbocycles. The van der Waals surface area contributed by atoms with Gasteiger partial charge in [-0.3, -0.25) is 4.98 Å². The van der Waals surface area contributed by atoms with Crippen LogP contribution in [0.4, 0.5) is 0 Å². The van der Waals surface area contributed by atoms with Crippen molar-refractivity contribution >= 4 is 44.7 Å². The normalized spacial score (nSPS) is 12.8. The number of nitrogens with zero attached hydrogens (tertiary/aromatic N) is 1. The van der Waals surface area contributed by atoms with E-state index in [1.807, 2.05) is 18.5 Å². The van der Waals surface area contributed by atoms with Gasteiger partial charge in [0.1, 0.15) is 0 Å². The molecule has 0 radical (unpaired) electrons. The van der Waals surface area contributed by atoms with Crippen molar-refractivity contribution in [2.75, 3.05) is 0 Å². The lowest BCUT2D eigenvalue weighted by atomic mass is 9.97. The van der Waals surface area contributed by atoms with Crippen LogP contribution in [0.3, 0.4) is 0 Å². The van der Waals surface area contributed by atoms with Crippen LogP contribution in [0.25, 0.3) is 10.8 Å². The lowest BCUT2D eigenvalue weighted by Crippen LogP contribution is -2.11. The Balaban J connectivity index is 2.14. The fourth-order valence-electron chi connectivity index (χ4n) is 2.07. The molecule has 4 heteroatoms. The van der Waals surface area contributed by atoms with E-state index in [2.05, 4.69) is 57.2 Å². The predicted molar refractivity (Wildman–Crippen MR) is 84.8 cm³/mol. The molecule has 2 heterocycles. The lowest BCUT2D eigenvalue weighted by Gasteiger charge is -2.13. The first-order valence-electron chi connectivity index (χ1n) is 5.58. The molecule has 1 unspecified atom stereocenters. The largest absolute Gasteiger partial charge is 0.320 e. The van der Waals surface area contributed by atoms with Gasteiger partial charge >= 0.3 is 0 Å². The Kier molecular flexibility index (Phi) is 3.32. The number of aromatic nitrogens is 1. The minimum absolute atomic E-state index is 0.0855. The molecular weight excluding hydrogens is 355 g/mol. The number of halogens is 1. The van der Waals surface area contributed by atoms with Gasteiger partial charge in [-0.15, -0.1) is 11.3 Å². The van der Waals surface area contributed by atoms with E-state index in [1.165, 1.54) is 13.8 Å². The fraction of sp³-hybridized carbons (Fsp3) is 0.0714. The molecule has 0 saturated heterocycles. The van der Waals surface area contributed by atoms with Crippen LogP contribution in [0.1, 0.15) is 17.2 Å². The molecule has 3 rings (SSSR count). The molecule has 3 aromatic rings. The van der Waals surface area contributed by atoms with Crippen molar-refractivity contribution in [2.45, 2.75) is 6.04 Å². The predicted octanol–water partition coefficient (Wildman–Crippen LogP) is 3.95. The van der Waals surface area contributed by atoms with Gasteiger partial charge in [-0.05, 0) is 56.6 Å². The highest BCUT2D eigenvalue weighted by molar-refractivity contribution is 14.1. The SMILES string of the molecule is NC(c1csc(I)c1)c1cccc2ccncc12. The highest BCUT2D eigenvalue weighted by Crippen LogP contribution is 2.29. The van der Waals surface area contributed by atoms with E-state index in [-0.39, 0.29) is 6.04 Å². The number of rotatable bonds is 2. The minimum Gasteiger partial charge on any atom is -0.320 e. The van der Waals surface area contributed by atoms with Crippen LogP contribution in [-0.2, 0) is 0 Å². The summed E-state index contributed by atoms with van der Waals surface area (Å²) in [4.78, 5) is 4.20. The first-order valence-corrected chi connectivity index (χ1v) is 7.54. The molecule has 18 heavy (non-hydrogen) atoms. The molecule has 2 nitrogen and oxygen atoms in total. The Morgan fingerprint density at radius 3 is 2.94 bits per heavy atom. The molecule has 2 aromatic heterocycles. The van der Waals surface area contributed by atoms with E-state index < -0.39 is 0 Å². The summed E-state index contributed by atoms with van der Waals surface area (Å²) in [6.45, 7) is 0. The van der Waals surface area contributed by atoms with Crippen molar-refractivity contribution < 1.29 is 0 Å². The van der Waals surface area contributed by atoms with Crippen LogP contribution in [0.5, 0.6) is 0 Å². The topological polar surface area (TPSA) is 38.9 Å². The van der Waals surface area contributed by atoms with E-state index in [4.69, 9.17) is 5.73 Å². The Bertz CT molecular complexity index is 688. The summed E-state index contributed by atoms with van der Waals surface area (Å²) in [7, 11) is 0. The van der Waals surface area contributed by atoms with E-state index in [0.29, 0.717) is 0 Å². The summed E-state index contributed by atoms with van der Waals surface area (Å²) in [6, 6.07) is 10.3. The molecule has 2 N–H and O–H groups in total. The smallest absolute Gasteiger partial charge is 0.0656 e. The number of benzene rings is 1. The Labute approximate surface area is 123 Å². The van der Waals surface area contributed by atoms with Crippen molar-refractivity contribution in [3.63, 3.8) is 0 Å². The highest BCUT2D eigenvalue weighted by Gasteiger charge is 2.13. The van der Waals surface area contributed by atoms with E-state index in [0.717, 1.165) is 10.9 Å². The summed E-state index contributed by atoms with van der Waals surface area (Å²) in [5.74, 6) is 0. The second-order valence-electron chi connectivity index (χ2n) is 4.11. The van der Waals surface area contributed by atoms with Crippen LogP contribution in [0.15, 0.2) is 48.1 Å². The van der Waals surface area contributed by atoms with Crippen molar-refractivity contribution in [3.8, 4) is 0 Å². The van der Waals surface area contributed by atoms with Crippen molar-refractivity contribution in [3.05, 3.63) is 62.1 Å². The van der Waals surface area contributed by atoms with Crippen molar-refractivity contribution in [1.82, 2.24) is 4.98 Å². The average Bonchev–Trinajstić information content (AvgIpc) is 2.84. The summed E-state index contributed by atoms with van der Waals surface area (Å²) < 4.78 is 1.26. The van der Waals surface area contributed by atoms with Gasteiger partial charge in [-0.2, -0.15) is 0 Å². The van der Waals surface area contributed by atoms with Gasteiger partial charge in [0.25, 0.3) is 0 Å². The lowest BCUT2D eigenvalue weighted by molar-refractivity contribution is 0.885. The quantitative estimate of drug-likeness (QED) is 0.698. The number of nitrogens with two attached hydrogens (primary N) is 1. The maximum atomic E-state index is 6.37. The van der Waals surface area contributed by atoms with Crippen LogP contribution in [0, 0.1) is 2.88 Å². The van der Waals surface area contributed by atoms with Gasteiger partial charge in [-0.25, -0.2) is 0 Å². The van der Waals surface area contributed by atoms with Crippen LogP contribution in [0.2, 0.25) is 0 Å². The molecule has 0 aliphatic heterocycles. The van der Waals surface area contributed by atoms with Crippen molar-refractivity contribution in [1.29, 1.82) is 0 Å².